The minimum atomic E-state index is -1.03. The number of benzene rings is 1. The van der Waals surface area contributed by atoms with Crippen LogP contribution >= 0.6 is 11.3 Å². The fraction of sp³-hybridized carbons (Fsp3) is 0.353. The minimum Gasteiger partial charge on any atom is -0.461 e. The smallest absolute Gasteiger partial charge is 0.357 e. The van der Waals surface area contributed by atoms with Crippen LogP contribution in [0.3, 0.4) is 0 Å². The van der Waals surface area contributed by atoms with Crippen molar-refractivity contribution in [3.63, 3.8) is 0 Å². The quantitative estimate of drug-likeness (QED) is 0.773. The van der Waals surface area contributed by atoms with E-state index < -0.39 is 23.6 Å². The fourth-order valence-corrected chi connectivity index (χ4v) is 3.11. The van der Waals surface area contributed by atoms with Crippen LogP contribution < -0.4 is 5.32 Å². The second kappa shape index (κ2) is 7.77. The summed E-state index contributed by atoms with van der Waals surface area (Å²) in [4.78, 5) is 30.0. The Labute approximate surface area is 152 Å². The molecule has 0 saturated heterocycles. The zero-order valence-electron chi connectivity index (χ0n) is 14.0. The number of nitrogens with one attached hydrogen (secondary N) is 1. The van der Waals surface area contributed by atoms with E-state index in [1.54, 1.807) is 17.2 Å². The molecule has 0 aliphatic heterocycles. The van der Waals surface area contributed by atoms with Gasteiger partial charge >= 0.3 is 12.0 Å². The number of anilines is 1. The number of ether oxygens (including phenoxy) is 1. The predicted molar refractivity (Wildman–Crippen MR) is 92.0 cm³/mol. The Kier molecular flexibility index (Phi) is 5.46. The molecule has 2 aromatic rings. The summed E-state index contributed by atoms with van der Waals surface area (Å²) in [6.45, 7) is 2.20. The summed E-state index contributed by atoms with van der Waals surface area (Å²) in [6, 6.07) is 2.82. The standard InChI is InChI=1S/C17H17F2N3O3S/c1-2-25-16(23)14-9-26-15(21-14)8-22(11-4-5-11)17(24)20-10-3-6-12(18)13(19)7-10/h3,6-7,9,11H,2,4-5,8H2,1H3,(H,20,24). The van der Waals surface area contributed by atoms with Gasteiger partial charge in [0.1, 0.15) is 5.01 Å². The molecule has 26 heavy (non-hydrogen) atoms. The van der Waals surface area contributed by atoms with Gasteiger partial charge in [0.05, 0.1) is 13.2 Å². The molecule has 0 radical (unpaired) electrons. The van der Waals surface area contributed by atoms with Crippen molar-refractivity contribution in [3.05, 3.63) is 45.9 Å². The minimum absolute atomic E-state index is 0.0650. The first-order valence-electron chi connectivity index (χ1n) is 8.12. The van der Waals surface area contributed by atoms with E-state index in [0.29, 0.717) is 5.01 Å². The number of thiazole rings is 1. The van der Waals surface area contributed by atoms with E-state index in [0.717, 1.165) is 25.0 Å². The zero-order chi connectivity index (χ0) is 18.7. The summed E-state index contributed by atoms with van der Waals surface area (Å²) in [5.41, 5.74) is 0.384. The molecule has 1 aromatic carbocycles. The molecule has 1 heterocycles. The van der Waals surface area contributed by atoms with Gasteiger partial charge in [-0.3, -0.25) is 0 Å². The number of hydrogen-bond acceptors (Lipinski definition) is 5. The molecule has 0 atom stereocenters. The molecule has 9 heteroatoms. The Morgan fingerprint density at radius 3 is 2.77 bits per heavy atom. The Bertz CT molecular complexity index is 823. The number of hydrogen-bond donors (Lipinski definition) is 1. The van der Waals surface area contributed by atoms with Crippen LogP contribution in [0.15, 0.2) is 23.6 Å². The molecule has 1 fully saturated rings. The number of carbonyl (C=O) groups excluding carboxylic acids is 2. The van der Waals surface area contributed by atoms with Crippen LogP contribution in [0.1, 0.15) is 35.3 Å². The van der Waals surface area contributed by atoms with E-state index in [1.165, 1.54) is 17.4 Å². The third-order valence-corrected chi connectivity index (χ3v) is 4.59. The van der Waals surface area contributed by atoms with Gasteiger partial charge in [0.2, 0.25) is 0 Å². The van der Waals surface area contributed by atoms with E-state index >= 15 is 0 Å². The summed E-state index contributed by atoms with van der Waals surface area (Å²) >= 11 is 1.26. The summed E-state index contributed by atoms with van der Waals surface area (Å²) in [6.07, 6.45) is 1.72. The van der Waals surface area contributed by atoms with Crippen molar-refractivity contribution in [1.82, 2.24) is 9.88 Å². The van der Waals surface area contributed by atoms with E-state index in [4.69, 9.17) is 4.74 Å². The number of halogens is 2. The van der Waals surface area contributed by atoms with Crippen molar-refractivity contribution in [2.75, 3.05) is 11.9 Å². The number of urea groups is 1. The highest BCUT2D eigenvalue weighted by Crippen LogP contribution is 2.30. The average Bonchev–Trinajstić information content (AvgIpc) is 3.33. The van der Waals surface area contributed by atoms with Gasteiger partial charge in [-0.05, 0) is 31.9 Å². The largest absolute Gasteiger partial charge is 0.461 e. The highest BCUT2D eigenvalue weighted by atomic mass is 32.1. The van der Waals surface area contributed by atoms with Crippen molar-refractivity contribution >= 4 is 29.0 Å². The van der Waals surface area contributed by atoms with Gasteiger partial charge in [0.25, 0.3) is 0 Å². The lowest BCUT2D eigenvalue weighted by atomic mass is 10.3. The molecule has 0 spiro atoms. The molecule has 1 aliphatic rings. The van der Waals surface area contributed by atoms with Gasteiger partial charge in [-0.25, -0.2) is 23.4 Å². The van der Waals surface area contributed by atoms with E-state index in [1.807, 2.05) is 0 Å². The van der Waals surface area contributed by atoms with Gasteiger partial charge in [0, 0.05) is 23.2 Å². The predicted octanol–water partition coefficient (Wildman–Crippen LogP) is 3.79. The zero-order valence-corrected chi connectivity index (χ0v) is 14.8. The highest BCUT2D eigenvalue weighted by molar-refractivity contribution is 7.09. The lowest BCUT2D eigenvalue weighted by Gasteiger charge is -2.21. The van der Waals surface area contributed by atoms with Crippen molar-refractivity contribution < 1.29 is 23.1 Å². The maximum absolute atomic E-state index is 13.3. The summed E-state index contributed by atoms with van der Waals surface area (Å²) in [7, 11) is 0. The third kappa shape index (κ3) is 4.34. The van der Waals surface area contributed by atoms with E-state index in [-0.39, 0.29) is 30.6 Å². The number of carbonyl (C=O) groups is 2. The number of nitrogens with zero attached hydrogens (tertiary/aromatic N) is 2. The molecular formula is C17H17F2N3O3S. The van der Waals surface area contributed by atoms with Crippen LogP contribution in [0, 0.1) is 11.6 Å². The molecule has 0 unspecified atom stereocenters. The van der Waals surface area contributed by atoms with Gasteiger partial charge in [-0.2, -0.15) is 0 Å². The molecule has 1 aliphatic carbocycles. The Morgan fingerprint density at radius 1 is 1.35 bits per heavy atom. The van der Waals surface area contributed by atoms with Crippen LogP contribution in [0.5, 0.6) is 0 Å². The monoisotopic (exact) mass is 381 g/mol. The molecule has 6 nitrogen and oxygen atoms in total. The van der Waals surface area contributed by atoms with Crippen molar-refractivity contribution in [1.29, 1.82) is 0 Å². The normalized spacial score (nSPS) is 13.3. The molecular weight excluding hydrogens is 364 g/mol. The van der Waals surface area contributed by atoms with Crippen LogP contribution in [-0.4, -0.2) is 34.5 Å². The summed E-state index contributed by atoms with van der Waals surface area (Å²) < 4.78 is 31.2. The molecule has 138 valence electrons. The van der Waals surface area contributed by atoms with Crippen LogP contribution in [0.25, 0.3) is 0 Å². The molecule has 1 N–H and O–H groups in total. The lowest BCUT2D eigenvalue weighted by molar-refractivity contribution is 0.0520. The second-order valence-corrected chi connectivity index (χ2v) is 6.71. The Hall–Kier alpha value is -2.55. The van der Waals surface area contributed by atoms with Gasteiger partial charge in [0.15, 0.2) is 17.3 Å². The van der Waals surface area contributed by atoms with Crippen molar-refractivity contribution in [3.8, 4) is 0 Å². The first-order chi connectivity index (χ1) is 12.5. The Balaban J connectivity index is 1.68. The molecule has 2 amide bonds. The number of esters is 1. The van der Waals surface area contributed by atoms with Crippen LogP contribution in [0.2, 0.25) is 0 Å². The van der Waals surface area contributed by atoms with Crippen LogP contribution in [-0.2, 0) is 11.3 Å². The SMILES string of the molecule is CCOC(=O)c1csc(CN(C(=O)Nc2ccc(F)c(F)c2)C2CC2)n1. The van der Waals surface area contributed by atoms with Gasteiger partial charge < -0.3 is 15.0 Å². The van der Waals surface area contributed by atoms with Crippen LogP contribution in [0.4, 0.5) is 19.3 Å². The topological polar surface area (TPSA) is 71.5 Å². The third-order valence-electron chi connectivity index (χ3n) is 3.76. The molecule has 3 rings (SSSR count). The fourth-order valence-electron chi connectivity index (χ4n) is 2.35. The van der Waals surface area contributed by atoms with Crippen molar-refractivity contribution in [2.45, 2.75) is 32.4 Å². The summed E-state index contributed by atoms with van der Waals surface area (Å²) in [5.74, 6) is -2.50. The maximum atomic E-state index is 13.3. The van der Waals surface area contributed by atoms with Gasteiger partial charge in [-0.15, -0.1) is 11.3 Å². The first-order valence-corrected chi connectivity index (χ1v) is 9.00. The van der Waals surface area contributed by atoms with Gasteiger partial charge in [-0.1, -0.05) is 0 Å². The van der Waals surface area contributed by atoms with E-state index in [2.05, 4.69) is 10.3 Å². The van der Waals surface area contributed by atoms with E-state index in [9.17, 15) is 18.4 Å². The Morgan fingerprint density at radius 2 is 2.12 bits per heavy atom. The summed E-state index contributed by atoms with van der Waals surface area (Å²) in [5, 5.41) is 4.75. The second-order valence-electron chi connectivity index (χ2n) is 5.77. The average molecular weight is 381 g/mol. The first kappa shape index (κ1) is 18.2. The number of amides is 2. The molecule has 1 saturated carbocycles. The lowest BCUT2D eigenvalue weighted by Crippen LogP contribution is -2.36. The molecule has 0 bridgehead atoms. The van der Waals surface area contributed by atoms with Crippen molar-refractivity contribution in [2.24, 2.45) is 0 Å². The highest BCUT2D eigenvalue weighted by Gasteiger charge is 2.33. The number of rotatable bonds is 6. The number of aromatic nitrogens is 1. The molecule has 1 aromatic heterocycles. The maximum Gasteiger partial charge on any atom is 0.357 e.